The third kappa shape index (κ3) is 5.94. The molecule has 1 saturated heterocycles. The van der Waals surface area contributed by atoms with Crippen molar-refractivity contribution in [3.05, 3.63) is 90.0 Å². The molecule has 0 radical (unpaired) electrons. The van der Waals surface area contributed by atoms with Gasteiger partial charge in [-0.15, -0.1) is 4.83 Å². The number of carbonyl (C=O) groups is 2. The summed E-state index contributed by atoms with van der Waals surface area (Å²) < 4.78 is 31.3. The van der Waals surface area contributed by atoms with E-state index in [9.17, 15) is 23.3 Å². The van der Waals surface area contributed by atoms with Crippen LogP contribution in [0.4, 0.5) is 16.2 Å². The van der Waals surface area contributed by atoms with Gasteiger partial charge in [0.05, 0.1) is 28.4 Å². The fourth-order valence-corrected chi connectivity index (χ4v) is 5.12. The van der Waals surface area contributed by atoms with E-state index in [1.165, 1.54) is 18.2 Å². The van der Waals surface area contributed by atoms with Crippen molar-refractivity contribution in [1.29, 1.82) is 5.26 Å². The molecular weight excluding hydrogens is 506 g/mol. The molecule has 0 atom stereocenters. The molecule has 4 rings (SSSR count). The van der Waals surface area contributed by atoms with E-state index >= 15 is 0 Å². The molecule has 2 amide bonds. The van der Waals surface area contributed by atoms with Crippen LogP contribution in [-0.4, -0.2) is 58.1 Å². The molecule has 196 valence electrons. The molecule has 3 aromatic rings. The topological polar surface area (TPSA) is 123 Å². The van der Waals surface area contributed by atoms with E-state index in [1.807, 2.05) is 4.90 Å². The van der Waals surface area contributed by atoms with Gasteiger partial charge in [0.2, 0.25) is 0 Å². The van der Waals surface area contributed by atoms with Crippen LogP contribution in [0.25, 0.3) is 0 Å². The summed E-state index contributed by atoms with van der Waals surface area (Å²) in [7, 11) is -4.12. The van der Waals surface area contributed by atoms with Gasteiger partial charge in [-0.3, -0.25) is 4.79 Å². The van der Waals surface area contributed by atoms with Crippen LogP contribution in [0.2, 0.25) is 0 Å². The number of nitrogens with zero attached hydrogens (tertiary/aromatic N) is 4. The maximum Gasteiger partial charge on any atom is 0.409 e. The van der Waals surface area contributed by atoms with Crippen LogP contribution in [0, 0.1) is 11.3 Å². The normalized spacial score (nSPS) is 13.5. The Labute approximate surface area is 221 Å². The second-order valence-electron chi connectivity index (χ2n) is 8.40. The molecule has 0 unspecified atom stereocenters. The van der Waals surface area contributed by atoms with Gasteiger partial charge < -0.3 is 14.5 Å². The molecule has 1 aliphatic heterocycles. The van der Waals surface area contributed by atoms with Crippen molar-refractivity contribution < 1.29 is 22.7 Å². The Morgan fingerprint density at radius 3 is 2.21 bits per heavy atom. The van der Waals surface area contributed by atoms with Crippen molar-refractivity contribution >= 4 is 33.4 Å². The van der Waals surface area contributed by atoms with Gasteiger partial charge in [0, 0.05) is 31.7 Å². The minimum absolute atomic E-state index is 0.0116. The van der Waals surface area contributed by atoms with Crippen LogP contribution in [-0.2, 0) is 14.8 Å². The highest BCUT2D eigenvalue weighted by atomic mass is 32.2. The Morgan fingerprint density at radius 2 is 1.61 bits per heavy atom. The Balaban J connectivity index is 1.64. The van der Waals surface area contributed by atoms with Gasteiger partial charge >= 0.3 is 6.09 Å². The van der Waals surface area contributed by atoms with Gasteiger partial charge in [0.1, 0.15) is 6.07 Å². The lowest BCUT2D eigenvalue weighted by Crippen LogP contribution is -2.49. The molecule has 1 aliphatic rings. The number of hydrazine groups is 1. The van der Waals surface area contributed by atoms with Crippen LogP contribution in [0.3, 0.4) is 0 Å². The number of sulfonamides is 1. The Kier molecular flexibility index (Phi) is 8.25. The summed E-state index contributed by atoms with van der Waals surface area (Å²) in [6.07, 6.45) is -0.372. The van der Waals surface area contributed by atoms with Gasteiger partial charge in [-0.25, -0.2) is 18.2 Å². The van der Waals surface area contributed by atoms with Crippen molar-refractivity contribution in [3.8, 4) is 6.07 Å². The third-order valence-corrected chi connectivity index (χ3v) is 7.31. The van der Waals surface area contributed by atoms with Gasteiger partial charge in [-0.05, 0) is 49.4 Å². The predicted molar refractivity (Wildman–Crippen MR) is 142 cm³/mol. The highest BCUT2D eigenvalue weighted by molar-refractivity contribution is 7.89. The molecule has 38 heavy (non-hydrogen) atoms. The number of benzene rings is 3. The molecule has 0 aliphatic carbocycles. The average Bonchev–Trinajstić information content (AvgIpc) is 2.96. The van der Waals surface area contributed by atoms with Gasteiger partial charge in [0.25, 0.3) is 15.9 Å². The van der Waals surface area contributed by atoms with Crippen molar-refractivity contribution in [1.82, 2.24) is 9.73 Å². The Morgan fingerprint density at radius 1 is 0.974 bits per heavy atom. The van der Waals surface area contributed by atoms with Gasteiger partial charge in [0.15, 0.2) is 0 Å². The second-order valence-corrected chi connectivity index (χ2v) is 10.1. The number of nitrogens with one attached hydrogen (secondary N) is 1. The number of ether oxygens (including phenoxy) is 1. The molecule has 1 heterocycles. The largest absolute Gasteiger partial charge is 0.450 e. The number of hydrogen-bond acceptors (Lipinski definition) is 7. The van der Waals surface area contributed by atoms with E-state index in [4.69, 9.17) is 4.74 Å². The van der Waals surface area contributed by atoms with E-state index in [0.29, 0.717) is 38.5 Å². The summed E-state index contributed by atoms with van der Waals surface area (Å²) in [4.78, 5) is 31.4. The van der Waals surface area contributed by atoms with Crippen molar-refractivity contribution in [2.45, 2.75) is 11.8 Å². The van der Waals surface area contributed by atoms with Crippen LogP contribution in [0.1, 0.15) is 22.8 Å². The maximum atomic E-state index is 13.5. The summed E-state index contributed by atoms with van der Waals surface area (Å²) in [5.41, 5.74) is 1.33. The number of carbonyl (C=O) groups excluding carboxylic acids is 2. The maximum absolute atomic E-state index is 13.5. The standard InChI is InChI=1S/C27H27N5O5S/c1-2-37-27(34)31-17-15-30(16-18-31)25-14-13-23(19-22(25)20-28)32(26(33)21-9-5-3-6-10-21)29-38(35,36)24-11-7-4-8-12-24/h3-14,19,29H,2,15-18H2,1H3. The first-order valence-electron chi connectivity index (χ1n) is 12.0. The molecule has 3 aromatic carbocycles. The predicted octanol–water partition coefficient (Wildman–Crippen LogP) is 3.38. The molecule has 11 heteroatoms. The van der Waals surface area contributed by atoms with Gasteiger partial charge in [-0.2, -0.15) is 5.26 Å². The lowest BCUT2D eigenvalue weighted by Gasteiger charge is -2.36. The van der Waals surface area contributed by atoms with E-state index in [1.54, 1.807) is 72.5 Å². The van der Waals surface area contributed by atoms with E-state index < -0.39 is 15.9 Å². The number of hydrogen-bond donors (Lipinski definition) is 1. The summed E-state index contributed by atoms with van der Waals surface area (Å²) in [5.74, 6) is -0.607. The number of amides is 2. The molecule has 0 saturated carbocycles. The fraction of sp³-hybridized carbons (Fsp3) is 0.222. The Bertz CT molecular complexity index is 1430. The monoisotopic (exact) mass is 533 g/mol. The average molecular weight is 534 g/mol. The lowest BCUT2D eigenvalue weighted by molar-refractivity contribution is 0.0980. The summed E-state index contributed by atoms with van der Waals surface area (Å²) >= 11 is 0. The number of nitriles is 1. The molecule has 10 nitrogen and oxygen atoms in total. The van der Waals surface area contributed by atoms with Crippen molar-refractivity contribution in [3.63, 3.8) is 0 Å². The fourth-order valence-electron chi connectivity index (χ4n) is 4.07. The summed E-state index contributed by atoms with van der Waals surface area (Å²) in [6, 6.07) is 22.9. The van der Waals surface area contributed by atoms with E-state index in [-0.39, 0.29) is 27.8 Å². The van der Waals surface area contributed by atoms with E-state index in [2.05, 4.69) is 10.9 Å². The van der Waals surface area contributed by atoms with Crippen molar-refractivity contribution in [2.75, 3.05) is 42.7 Å². The molecule has 1 N–H and O–H groups in total. The zero-order valence-electron chi connectivity index (χ0n) is 20.8. The highest BCUT2D eigenvalue weighted by Gasteiger charge is 2.27. The zero-order valence-corrected chi connectivity index (χ0v) is 21.6. The molecule has 0 aromatic heterocycles. The Hall–Kier alpha value is -4.40. The molecule has 0 bridgehead atoms. The zero-order chi connectivity index (χ0) is 27.1. The molecular formula is C27H27N5O5S. The minimum atomic E-state index is -4.12. The highest BCUT2D eigenvalue weighted by Crippen LogP contribution is 2.28. The van der Waals surface area contributed by atoms with Gasteiger partial charge in [-0.1, -0.05) is 36.4 Å². The minimum Gasteiger partial charge on any atom is -0.450 e. The van der Waals surface area contributed by atoms with E-state index in [0.717, 1.165) is 5.01 Å². The number of anilines is 2. The molecule has 0 spiro atoms. The first kappa shape index (κ1) is 26.7. The van der Waals surface area contributed by atoms with Crippen LogP contribution in [0.15, 0.2) is 83.8 Å². The third-order valence-electron chi connectivity index (χ3n) is 5.99. The van der Waals surface area contributed by atoms with Crippen molar-refractivity contribution in [2.24, 2.45) is 0 Å². The molecule has 1 fully saturated rings. The smallest absolute Gasteiger partial charge is 0.409 e. The lowest BCUT2D eigenvalue weighted by atomic mass is 10.1. The van der Waals surface area contributed by atoms with Crippen LogP contribution in [0.5, 0.6) is 0 Å². The second kappa shape index (κ2) is 11.8. The van der Waals surface area contributed by atoms with Crippen LogP contribution >= 0.6 is 0 Å². The first-order chi connectivity index (χ1) is 18.3. The van der Waals surface area contributed by atoms with Crippen LogP contribution < -0.4 is 14.7 Å². The SMILES string of the molecule is CCOC(=O)N1CCN(c2ccc(N(NS(=O)(=O)c3ccccc3)C(=O)c3ccccc3)cc2C#N)CC1. The number of piperazine rings is 1. The summed E-state index contributed by atoms with van der Waals surface area (Å²) in [5, 5.41) is 10.9. The first-order valence-corrected chi connectivity index (χ1v) is 13.5. The number of rotatable bonds is 7. The summed E-state index contributed by atoms with van der Waals surface area (Å²) in [6.45, 7) is 3.88. The quantitative estimate of drug-likeness (QED) is 0.462.